The Bertz CT molecular complexity index is 535. The molecule has 0 aliphatic heterocycles. The number of hydrogen-bond donors (Lipinski definition) is 1. The Labute approximate surface area is 99.9 Å². The summed E-state index contributed by atoms with van der Waals surface area (Å²) in [6.07, 6.45) is 6.38. The largest absolute Gasteiger partial charge is 0.478 e. The predicted octanol–water partition coefficient (Wildman–Crippen LogP) is 1.58. The monoisotopic (exact) mass is 233 g/mol. The first-order valence-corrected chi connectivity index (χ1v) is 5.36. The zero-order valence-electron chi connectivity index (χ0n) is 9.99. The van der Waals surface area contributed by atoms with Crippen LogP contribution in [0.15, 0.2) is 10.9 Å². The van der Waals surface area contributed by atoms with E-state index in [4.69, 9.17) is 11.5 Å². The van der Waals surface area contributed by atoms with Crippen molar-refractivity contribution in [2.45, 2.75) is 33.2 Å². The normalized spacial score (nSPS) is 9.94. The fraction of sp³-hybridized carbons (Fsp3) is 0.385. The van der Waals surface area contributed by atoms with Gasteiger partial charge in [-0.1, -0.05) is 0 Å². The zero-order valence-corrected chi connectivity index (χ0v) is 9.99. The van der Waals surface area contributed by atoms with Gasteiger partial charge in [-0.3, -0.25) is 4.79 Å². The predicted molar refractivity (Wildman–Crippen MR) is 65.2 cm³/mol. The van der Waals surface area contributed by atoms with Crippen LogP contribution in [0.2, 0.25) is 0 Å². The first-order valence-electron chi connectivity index (χ1n) is 5.36. The lowest BCUT2D eigenvalue weighted by Gasteiger charge is -2.13. The Morgan fingerprint density at radius 3 is 2.71 bits per heavy atom. The van der Waals surface area contributed by atoms with Gasteiger partial charge in [0.1, 0.15) is 0 Å². The van der Waals surface area contributed by atoms with Gasteiger partial charge in [0.25, 0.3) is 5.56 Å². The molecule has 90 valence electrons. The van der Waals surface area contributed by atoms with Crippen LogP contribution >= 0.6 is 0 Å². The van der Waals surface area contributed by atoms with E-state index in [1.807, 2.05) is 0 Å². The SMILES string of the molecule is C#CCCCn1c(C)c(C(=O)O)c(C)cc1=O. The van der Waals surface area contributed by atoms with Gasteiger partial charge in [0.05, 0.1) is 5.56 Å². The highest BCUT2D eigenvalue weighted by Gasteiger charge is 2.15. The highest BCUT2D eigenvalue weighted by Crippen LogP contribution is 2.11. The third-order valence-corrected chi connectivity index (χ3v) is 2.68. The van der Waals surface area contributed by atoms with Crippen LogP contribution in [0, 0.1) is 26.2 Å². The summed E-state index contributed by atoms with van der Waals surface area (Å²) in [5, 5.41) is 9.09. The minimum Gasteiger partial charge on any atom is -0.478 e. The van der Waals surface area contributed by atoms with Gasteiger partial charge in [0.2, 0.25) is 0 Å². The van der Waals surface area contributed by atoms with Crippen molar-refractivity contribution in [3.05, 3.63) is 33.2 Å². The number of carboxylic acid groups (broad SMARTS) is 1. The van der Waals surface area contributed by atoms with Crippen molar-refractivity contribution in [1.82, 2.24) is 4.57 Å². The summed E-state index contributed by atoms with van der Waals surface area (Å²) in [7, 11) is 0. The first kappa shape index (κ1) is 13.0. The number of aromatic carboxylic acids is 1. The van der Waals surface area contributed by atoms with Crippen LogP contribution in [0.4, 0.5) is 0 Å². The fourth-order valence-electron chi connectivity index (χ4n) is 1.86. The van der Waals surface area contributed by atoms with Gasteiger partial charge in [-0.15, -0.1) is 12.3 Å². The molecule has 0 radical (unpaired) electrons. The van der Waals surface area contributed by atoms with Gasteiger partial charge >= 0.3 is 5.97 Å². The van der Waals surface area contributed by atoms with E-state index < -0.39 is 5.97 Å². The summed E-state index contributed by atoms with van der Waals surface area (Å²) in [6.45, 7) is 3.73. The van der Waals surface area contributed by atoms with Crippen LogP contribution in [-0.4, -0.2) is 15.6 Å². The molecule has 1 rings (SSSR count). The summed E-state index contributed by atoms with van der Waals surface area (Å²) in [5.41, 5.74) is 1.00. The van der Waals surface area contributed by atoms with Crippen molar-refractivity contribution in [3.8, 4) is 12.3 Å². The number of aryl methyl sites for hydroxylation is 1. The maximum absolute atomic E-state index is 11.7. The number of hydrogen-bond acceptors (Lipinski definition) is 2. The average molecular weight is 233 g/mol. The number of carbonyl (C=O) groups is 1. The van der Waals surface area contributed by atoms with E-state index in [9.17, 15) is 9.59 Å². The fourth-order valence-corrected chi connectivity index (χ4v) is 1.86. The summed E-state index contributed by atoms with van der Waals surface area (Å²) < 4.78 is 1.47. The second-order valence-corrected chi connectivity index (χ2v) is 3.89. The van der Waals surface area contributed by atoms with Crippen molar-refractivity contribution in [3.63, 3.8) is 0 Å². The summed E-state index contributed by atoms with van der Waals surface area (Å²) in [4.78, 5) is 22.8. The van der Waals surface area contributed by atoms with Gasteiger partial charge in [0, 0.05) is 24.7 Å². The number of aromatic nitrogens is 1. The Hall–Kier alpha value is -2.02. The Morgan fingerprint density at radius 1 is 1.53 bits per heavy atom. The molecule has 0 aromatic carbocycles. The van der Waals surface area contributed by atoms with Crippen LogP contribution in [0.1, 0.15) is 34.5 Å². The van der Waals surface area contributed by atoms with Gasteiger partial charge < -0.3 is 9.67 Å². The number of unbranched alkanes of at least 4 members (excludes halogenated alkanes) is 1. The first-order chi connectivity index (χ1) is 7.99. The number of nitrogens with zero attached hydrogens (tertiary/aromatic N) is 1. The van der Waals surface area contributed by atoms with Gasteiger partial charge in [0.15, 0.2) is 0 Å². The van der Waals surface area contributed by atoms with Crippen molar-refractivity contribution in [2.75, 3.05) is 0 Å². The molecule has 0 saturated heterocycles. The van der Waals surface area contributed by atoms with Crippen molar-refractivity contribution < 1.29 is 9.90 Å². The van der Waals surface area contributed by atoms with E-state index in [0.29, 0.717) is 30.6 Å². The van der Waals surface area contributed by atoms with Crippen LogP contribution in [0.3, 0.4) is 0 Å². The topological polar surface area (TPSA) is 59.3 Å². The quantitative estimate of drug-likeness (QED) is 0.634. The standard InChI is InChI=1S/C13H15NO3/c1-4-5-6-7-14-10(3)12(13(16)17)9(2)8-11(14)15/h1,8H,5-7H2,2-3H3,(H,16,17). The second-order valence-electron chi connectivity index (χ2n) is 3.89. The third kappa shape index (κ3) is 2.76. The highest BCUT2D eigenvalue weighted by atomic mass is 16.4. The van der Waals surface area contributed by atoms with Crippen molar-refractivity contribution >= 4 is 5.97 Å². The molecule has 0 saturated carbocycles. The number of rotatable bonds is 4. The van der Waals surface area contributed by atoms with E-state index >= 15 is 0 Å². The molecule has 0 aliphatic rings. The van der Waals surface area contributed by atoms with E-state index in [0.717, 1.165) is 0 Å². The minimum atomic E-state index is -1.01. The lowest BCUT2D eigenvalue weighted by atomic mass is 10.1. The van der Waals surface area contributed by atoms with Crippen LogP contribution in [-0.2, 0) is 6.54 Å². The van der Waals surface area contributed by atoms with E-state index in [-0.39, 0.29) is 11.1 Å². The van der Waals surface area contributed by atoms with E-state index in [1.165, 1.54) is 10.6 Å². The maximum Gasteiger partial charge on any atom is 0.337 e. The Kier molecular flexibility index (Phi) is 4.11. The number of carboxylic acids is 1. The van der Waals surface area contributed by atoms with Crippen LogP contribution in [0.25, 0.3) is 0 Å². The molecule has 1 heterocycles. The molecule has 1 N–H and O–H groups in total. The van der Waals surface area contributed by atoms with E-state index in [1.54, 1.807) is 13.8 Å². The number of pyridine rings is 1. The molecule has 0 atom stereocenters. The van der Waals surface area contributed by atoms with E-state index in [2.05, 4.69) is 5.92 Å². The molecule has 0 spiro atoms. The molecular weight excluding hydrogens is 218 g/mol. The lowest BCUT2D eigenvalue weighted by molar-refractivity contribution is 0.0694. The van der Waals surface area contributed by atoms with Crippen molar-refractivity contribution in [1.29, 1.82) is 0 Å². The second kappa shape index (κ2) is 5.35. The molecule has 1 aromatic heterocycles. The third-order valence-electron chi connectivity index (χ3n) is 2.68. The Morgan fingerprint density at radius 2 is 2.18 bits per heavy atom. The molecule has 17 heavy (non-hydrogen) atoms. The molecule has 0 amide bonds. The number of terminal acetylenes is 1. The van der Waals surface area contributed by atoms with Gasteiger partial charge in [-0.25, -0.2) is 4.79 Å². The maximum atomic E-state index is 11.7. The summed E-state index contributed by atoms with van der Waals surface area (Å²) >= 11 is 0. The molecule has 4 heteroatoms. The molecule has 4 nitrogen and oxygen atoms in total. The molecule has 0 unspecified atom stereocenters. The zero-order chi connectivity index (χ0) is 13.0. The molecule has 0 bridgehead atoms. The molecule has 0 aliphatic carbocycles. The lowest BCUT2D eigenvalue weighted by Crippen LogP contribution is -2.25. The van der Waals surface area contributed by atoms with Gasteiger partial charge in [-0.2, -0.15) is 0 Å². The average Bonchev–Trinajstić information content (AvgIpc) is 2.21. The highest BCUT2D eigenvalue weighted by molar-refractivity contribution is 5.90. The van der Waals surface area contributed by atoms with Crippen LogP contribution in [0.5, 0.6) is 0 Å². The van der Waals surface area contributed by atoms with Crippen LogP contribution < -0.4 is 5.56 Å². The Balaban J connectivity index is 3.22. The van der Waals surface area contributed by atoms with Crippen molar-refractivity contribution in [2.24, 2.45) is 0 Å². The molecule has 0 fully saturated rings. The molecule has 1 aromatic rings. The van der Waals surface area contributed by atoms with Gasteiger partial charge in [-0.05, 0) is 25.8 Å². The molecular formula is C13H15NO3. The minimum absolute atomic E-state index is 0.179. The smallest absolute Gasteiger partial charge is 0.337 e. The summed E-state index contributed by atoms with van der Waals surface area (Å²) in [6, 6.07) is 1.35. The summed E-state index contributed by atoms with van der Waals surface area (Å²) in [5.74, 6) is 1.49.